The summed E-state index contributed by atoms with van der Waals surface area (Å²) in [5.74, 6) is -0.761. The standard InChI is InChI=1S/C14H30N2O2/c1-6-9-10-16(8-3)12(4)11-14(5,13(17)18)15-7-2/h12,15H,6-11H2,1-5H3,(H,17,18). The molecule has 0 fully saturated rings. The first kappa shape index (κ1) is 17.4. The van der Waals surface area contributed by atoms with E-state index < -0.39 is 11.5 Å². The highest BCUT2D eigenvalue weighted by Crippen LogP contribution is 2.17. The highest BCUT2D eigenvalue weighted by atomic mass is 16.4. The molecule has 0 heterocycles. The van der Waals surface area contributed by atoms with Gasteiger partial charge in [0, 0.05) is 6.04 Å². The van der Waals surface area contributed by atoms with Gasteiger partial charge in [-0.1, -0.05) is 27.2 Å². The van der Waals surface area contributed by atoms with Crippen LogP contribution in [0.1, 0.15) is 53.9 Å². The summed E-state index contributed by atoms with van der Waals surface area (Å²) in [5, 5.41) is 12.5. The van der Waals surface area contributed by atoms with E-state index in [1.165, 1.54) is 12.8 Å². The molecule has 2 unspecified atom stereocenters. The quantitative estimate of drug-likeness (QED) is 0.631. The number of likely N-dealkylation sites (N-methyl/N-ethyl adjacent to an activating group) is 1. The molecule has 0 aromatic rings. The number of nitrogens with zero attached hydrogens (tertiary/aromatic N) is 1. The van der Waals surface area contributed by atoms with E-state index in [0.717, 1.165) is 13.1 Å². The zero-order valence-electron chi connectivity index (χ0n) is 12.6. The van der Waals surface area contributed by atoms with E-state index in [-0.39, 0.29) is 6.04 Å². The van der Waals surface area contributed by atoms with Crippen molar-refractivity contribution in [2.75, 3.05) is 19.6 Å². The molecule has 4 nitrogen and oxygen atoms in total. The fourth-order valence-electron chi connectivity index (χ4n) is 2.40. The molecule has 0 rings (SSSR count). The highest BCUT2D eigenvalue weighted by Gasteiger charge is 2.34. The molecule has 0 spiro atoms. The molecule has 0 aliphatic carbocycles. The van der Waals surface area contributed by atoms with Crippen molar-refractivity contribution in [1.29, 1.82) is 0 Å². The van der Waals surface area contributed by atoms with Crippen LogP contribution in [0.5, 0.6) is 0 Å². The van der Waals surface area contributed by atoms with Crippen LogP contribution in [-0.2, 0) is 4.79 Å². The van der Waals surface area contributed by atoms with Crippen molar-refractivity contribution in [3.05, 3.63) is 0 Å². The third kappa shape index (κ3) is 5.36. The lowest BCUT2D eigenvalue weighted by atomic mass is 9.92. The molecule has 0 saturated carbocycles. The Bertz CT molecular complexity index is 246. The third-order valence-electron chi connectivity index (χ3n) is 3.57. The van der Waals surface area contributed by atoms with Crippen LogP contribution < -0.4 is 5.32 Å². The number of aliphatic carboxylic acids is 1. The number of carboxylic acid groups (broad SMARTS) is 1. The molecule has 0 amide bonds. The van der Waals surface area contributed by atoms with Crippen LogP contribution >= 0.6 is 0 Å². The van der Waals surface area contributed by atoms with Crippen molar-refractivity contribution < 1.29 is 9.90 Å². The molecule has 2 atom stereocenters. The number of nitrogens with one attached hydrogen (secondary N) is 1. The summed E-state index contributed by atoms with van der Waals surface area (Å²) in [6.45, 7) is 12.9. The molecule has 0 radical (unpaired) electrons. The number of hydrogen-bond donors (Lipinski definition) is 2. The number of carbonyl (C=O) groups is 1. The Hall–Kier alpha value is -0.610. The Labute approximate surface area is 112 Å². The van der Waals surface area contributed by atoms with Gasteiger partial charge in [-0.25, -0.2) is 0 Å². The lowest BCUT2D eigenvalue weighted by molar-refractivity contribution is -0.145. The molecule has 0 saturated heterocycles. The molecular weight excluding hydrogens is 228 g/mol. The average Bonchev–Trinajstić information content (AvgIpc) is 2.30. The smallest absolute Gasteiger partial charge is 0.323 e. The van der Waals surface area contributed by atoms with Crippen LogP contribution in [0.4, 0.5) is 0 Å². The lowest BCUT2D eigenvalue weighted by Gasteiger charge is -2.34. The second-order valence-electron chi connectivity index (χ2n) is 5.20. The number of carboxylic acids is 1. The largest absolute Gasteiger partial charge is 0.480 e. The molecule has 2 N–H and O–H groups in total. The Balaban J connectivity index is 4.55. The van der Waals surface area contributed by atoms with Crippen molar-refractivity contribution in [3.63, 3.8) is 0 Å². The minimum atomic E-state index is -0.826. The van der Waals surface area contributed by atoms with Gasteiger partial charge in [0.1, 0.15) is 5.54 Å². The molecule has 0 aliphatic heterocycles. The first-order valence-electron chi connectivity index (χ1n) is 7.13. The maximum atomic E-state index is 11.4. The normalized spacial score (nSPS) is 16.6. The lowest BCUT2D eigenvalue weighted by Crippen LogP contribution is -2.53. The third-order valence-corrected chi connectivity index (χ3v) is 3.57. The summed E-state index contributed by atoms with van der Waals surface area (Å²) in [4.78, 5) is 13.8. The molecule has 4 heteroatoms. The van der Waals surface area contributed by atoms with Crippen LogP contribution in [0.2, 0.25) is 0 Å². The van der Waals surface area contributed by atoms with E-state index >= 15 is 0 Å². The van der Waals surface area contributed by atoms with Crippen molar-refractivity contribution in [2.24, 2.45) is 0 Å². The number of hydrogen-bond acceptors (Lipinski definition) is 3. The fraction of sp³-hybridized carbons (Fsp3) is 0.929. The van der Waals surface area contributed by atoms with Crippen LogP contribution in [-0.4, -0.2) is 47.2 Å². The van der Waals surface area contributed by atoms with Crippen LogP contribution in [0.25, 0.3) is 0 Å². The predicted octanol–water partition coefficient (Wildman–Crippen LogP) is 2.34. The van der Waals surface area contributed by atoms with Crippen LogP contribution in [0, 0.1) is 0 Å². The van der Waals surface area contributed by atoms with Gasteiger partial charge in [0.2, 0.25) is 0 Å². The Kier molecular flexibility index (Phi) is 8.20. The maximum absolute atomic E-state index is 11.4. The van der Waals surface area contributed by atoms with Gasteiger partial charge in [0.05, 0.1) is 0 Å². The van der Waals surface area contributed by atoms with E-state index in [0.29, 0.717) is 13.0 Å². The first-order chi connectivity index (χ1) is 8.41. The van der Waals surface area contributed by atoms with E-state index in [9.17, 15) is 9.90 Å². The van der Waals surface area contributed by atoms with Gasteiger partial charge in [-0.15, -0.1) is 0 Å². The van der Waals surface area contributed by atoms with Crippen LogP contribution in [0.15, 0.2) is 0 Å². The predicted molar refractivity (Wildman–Crippen MR) is 76.0 cm³/mol. The monoisotopic (exact) mass is 258 g/mol. The van der Waals surface area contributed by atoms with E-state index in [2.05, 4.69) is 31.0 Å². The summed E-state index contributed by atoms with van der Waals surface area (Å²) in [7, 11) is 0. The summed E-state index contributed by atoms with van der Waals surface area (Å²) < 4.78 is 0. The van der Waals surface area contributed by atoms with Gasteiger partial charge < -0.3 is 15.3 Å². The molecule has 18 heavy (non-hydrogen) atoms. The van der Waals surface area contributed by atoms with Gasteiger partial charge >= 0.3 is 5.97 Å². The van der Waals surface area contributed by atoms with Gasteiger partial charge in [0.25, 0.3) is 0 Å². The SMILES string of the molecule is CCCCN(CC)C(C)CC(C)(NCC)C(=O)O. The number of rotatable bonds is 10. The molecule has 0 aromatic carbocycles. The first-order valence-corrected chi connectivity index (χ1v) is 7.13. The summed E-state index contributed by atoms with van der Waals surface area (Å²) in [6.07, 6.45) is 2.98. The van der Waals surface area contributed by atoms with E-state index in [1.54, 1.807) is 6.92 Å². The minimum Gasteiger partial charge on any atom is -0.480 e. The molecular formula is C14H30N2O2. The van der Waals surface area contributed by atoms with E-state index in [1.807, 2.05) is 6.92 Å². The fourth-order valence-corrected chi connectivity index (χ4v) is 2.40. The Morgan fingerprint density at radius 3 is 2.39 bits per heavy atom. The highest BCUT2D eigenvalue weighted by molar-refractivity contribution is 5.78. The van der Waals surface area contributed by atoms with Gasteiger partial charge in [0.15, 0.2) is 0 Å². The second-order valence-corrected chi connectivity index (χ2v) is 5.20. The topological polar surface area (TPSA) is 52.6 Å². The number of unbranched alkanes of at least 4 members (excludes halogenated alkanes) is 1. The Morgan fingerprint density at radius 1 is 1.39 bits per heavy atom. The summed E-state index contributed by atoms with van der Waals surface area (Å²) in [6, 6.07) is 0.279. The molecule has 0 aromatic heterocycles. The van der Waals surface area contributed by atoms with Gasteiger partial charge in [-0.05, 0) is 46.3 Å². The second kappa shape index (κ2) is 8.48. The summed E-state index contributed by atoms with van der Waals surface area (Å²) in [5.41, 5.74) is -0.826. The zero-order chi connectivity index (χ0) is 14.2. The van der Waals surface area contributed by atoms with Crippen molar-refractivity contribution in [3.8, 4) is 0 Å². The molecule has 0 aliphatic rings. The van der Waals surface area contributed by atoms with E-state index in [4.69, 9.17) is 0 Å². The maximum Gasteiger partial charge on any atom is 0.323 e. The molecule has 0 bridgehead atoms. The van der Waals surface area contributed by atoms with Crippen molar-refractivity contribution >= 4 is 5.97 Å². The zero-order valence-corrected chi connectivity index (χ0v) is 12.6. The summed E-state index contributed by atoms with van der Waals surface area (Å²) >= 11 is 0. The molecule has 108 valence electrons. The van der Waals surface area contributed by atoms with Crippen LogP contribution in [0.3, 0.4) is 0 Å². The van der Waals surface area contributed by atoms with Gasteiger partial charge in [-0.2, -0.15) is 0 Å². The minimum absolute atomic E-state index is 0.279. The van der Waals surface area contributed by atoms with Crippen molar-refractivity contribution in [1.82, 2.24) is 10.2 Å². The van der Waals surface area contributed by atoms with Crippen molar-refractivity contribution in [2.45, 2.75) is 65.5 Å². The van der Waals surface area contributed by atoms with Gasteiger partial charge in [-0.3, -0.25) is 4.79 Å². The Morgan fingerprint density at radius 2 is 2.00 bits per heavy atom. The average molecular weight is 258 g/mol.